The molecule has 0 unspecified atom stereocenters. The number of nitrogens with zero attached hydrogens (tertiary/aromatic N) is 2. The summed E-state index contributed by atoms with van der Waals surface area (Å²) in [6.07, 6.45) is 1.99. The van der Waals surface area contributed by atoms with Crippen molar-refractivity contribution >= 4 is 0 Å². The number of phenols is 1. The molecule has 1 aliphatic heterocycles. The van der Waals surface area contributed by atoms with Crippen molar-refractivity contribution < 1.29 is 5.11 Å². The second-order valence-electron chi connectivity index (χ2n) is 7.05. The van der Waals surface area contributed by atoms with Crippen molar-refractivity contribution in [1.29, 1.82) is 0 Å². The summed E-state index contributed by atoms with van der Waals surface area (Å²) in [5.74, 6) is 0.324. The van der Waals surface area contributed by atoms with Crippen LogP contribution in [-0.2, 0) is 0 Å². The molecule has 1 heterocycles. The molecule has 1 aliphatic rings. The average molecular weight is 336 g/mol. The van der Waals surface area contributed by atoms with E-state index in [1.165, 1.54) is 5.56 Å². The molecule has 1 fully saturated rings. The van der Waals surface area contributed by atoms with Gasteiger partial charge in [-0.1, -0.05) is 48.5 Å². The monoisotopic (exact) mass is 336 g/mol. The zero-order valence-electron chi connectivity index (χ0n) is 15.2. The molecule has 0 saturated carbocycles. The highest BCUT2D eigenvalue weighted by atomic mass is 16.3. The summed E-state index contributed by atoms with van der Waals surface area (Å²) < 4.78 is 0. The Balaban J connectivity index is 1.96. The first-order chi connectivity index (χ1) is 12.1. The normalized spacial score (nSPS) is 23.3. The van der Waals surface area contributed by atoms with E-state index in [1.54, 1.807) is 6.07 Å². The van der Waals surface area contributed by atoms with E-state index in [9.17, 15) is 5.11 Å². The molecule has 25 heavy (non-hydrogen) atoms. The minimum atomic E-state index is 0.150. The van der Waals surface area contributed by atoms with Gasteiger partial charge in [0.05, 0.1) is 6.04 Å². The molecule has 0 aliphatic carbocycles. The summed E-state index contributed by atoms with van der Waals surface area (Å²) >= 11 is 0. The molecule has 0 radical (unpaired) electrons. The standard InChI is InChI=1S/C22H28N2O/c1-4-13-23-15-18(3)24(16-17(23)2)22(19-9-6-5-7-10-19)20-11-8-12-21(25)14-20/h4-12,14,17-18,22,25H,1,13,15-16H2,2-3H3/t17-,18-,22+/m0/s1. The fraction of sp³-hybridized carbons (Fsp3) is 0.364. The topological polar surface area (TPSA) is 26.7 Å². The number of piperazine rings is 1. The lowest BCUT2D eigenvalue weighted by Crippen LogP contribution is -2.57. The van der Waals surface area contributed by atoms with Gasteiger partial charge in [-0.25, -0.2) is 0 Å². The highest BCUT2D eigenvalue weighted by Gasteiger charge is 2.34. The van der Waals surface area contributed by atoms with Crippen molar-refractivity contribution in [1.82, 2.24) is 9.80 Å². The van der Waals surface area contributed by atoms with E-state index < -0.39 is 0 Å². The summed E-state index contributed by atoms with van der Waals surface area (Å²) in [4.78, 5) is 5.05. The summed E-state index contributed by atoms with van der Waals surface area (Å²) in [5.41, 5.74) is 2.41. The molecule has 3 rings (SSSR count). The van der Waals surface area contributed by atoms with Gasteiger partial charge in [0.2, 0.25) is 0 Å². The number of phenolic OH excluding ortho intramolecular Hbond substituents is 1. The molecule has 3 heteroatoms. The molecule has 1 N–H and O–H groups in total. The first-order valence-electron chi connectivity index (χ1n) is 9.04. The minimum Gasteiger partial charge on any atom is -0.508 e. The van der Waals surface area contributed by atoms with Crippen LogP contribution in [0.2, 0.25) is 0 Å². The van der Waals surface area contributed by atoms with E-state index >= 15 is 0 Å². The molecule has 0 spiro atoms. The van der Waals surface area contributed by atoms with E-state index in [0.29, 0.717) is 17.8 Å². The summed E-state index contributed by atoms with van der Waals surface area (Å²) in [7, 11) is 0. The maximum absolute atomic E-state index is 10.00. The van der Waals surface area contributed by atoms with Gasteiger partial charge in [-0.3, -0.25) is 9.80 Å². The van der Waals surface area contributed by atoms with Crippen LogP contribution in [0.5, 0.6) is 5.75 Å². The highest BCUT2D eigenvalue weighted by molar-refractivity contribution is 5.36. The van der Waals surface area contributed by atoms with Crippen molar-refractivity contribution in [3.8, 4) is 5.75 Å². The Morgan fingerprint density at radius 3 is 2.44 bits per heavy atom. The Morgan fingerprint density at radius 1 is 1.04 bits per heavy atom. The lowest BCUT2D eigenvalue weighted by Gasteiger charge is -2.47. The van der Waals surface area contributed by atoms with Crippen molar-refractivity contribution in [2.45, 2.75) is 32.0 Å². The predicted molar refractivity (Wildman–Crippen MR) is 104 cm³/mol. The van der Waals surface area contributed by atoms with Crippen molar-refractivity contribution in [2.24, 2.45) is 0 Å². The van der Waals surface area contributed by atoms with Crippen LogP contribution in [0.3, 0.4) is 0 Å². The Hall–Kier alpha value is -2.10. The molecular weight excluding hydrogens is 308 g/mol. The first-order valence-corrected chi connectivity index (χ1v) is 9.04. The summed E-state index contributed by atoms with van der Waals surface area (Å²) in [6, 6.07) is 19.3. The highest BCUT2D eigenvalue weighted by Crippen LogP contribution is 2.34. The van der Waals surface area contributed by atoms with Crippen LogP contribution in [0.1, 0.15) is 31.0 Å². The SMILES string of the molecule is C=CCN1C[C@H](C)N([C@H](c2ccccc2)c2cccc(O)c2)C[C@@H]1C. The van der Waals surface area contributed by atoms with Gasteiger partial charge in [0.15, 0.2) is 0 Å². The largest absolute Gasteiger partial charge is 0.508 e. The van der Waals surface area contributed by atoms with Gasteiger partial charge in [0.25, 0.3) is 0 Å². The van der Waals surface area contributed by atoms with Crippen molar-refractivity contribution in [3.63, 3.8) is 0 Å². The maximum atomic E-state index is 10.00. The van der Waals surface area contributed by atoms with E-state index in [1.807, 2.05) is 18.2 Å². The Morgan fingerprint density at radius 2 is 1.76 bits per heavy atom. The fourth-order valence-electron chi connectivity index (χ4n) is 3.91. The first kappa shape index (κ1) is 17.7. The van der Waals surface area contributed by atoms with Gasteiger partial charge in [0, 0.05) is 31.7 Å². The zero-order chi connectivity index (χ0) is 17.8. The lowest BCUT2D eigenvalue weighted by atomic mass is 9.93. The number of hydrogen-bond donors (Lipinski definition) is 1. The Labute approximate surface area is 151 Å². The van der Waals surface area contributed by atoms with Gasteiger partial charge in [-0.2, -0.15) is 0 Å². The molecule has 3 nitrogen and oxygen atoms in total. The van der Waals surface area contributed by atoms with Crippen molar-refractivity contribution in [3.05, 3.63) is 78.4 Å². The van der Waals surface area contributed by atoms with E-state index in [-0.39, 0.29) is 6.04 Å². The third-order valence-electron chi connectivity index (χ3n) is 5.16. The quantitative estimate of drug-likeness (QED) is 0.834. The minimum absolute atomic E-state index is 0.150. The number of hydrogen-bond acceptors (Lipinski definition) is 3. The van der Waals surface area contributed by atoms with Gasteiger partial charge in [-0.15, -0.1) is 6.58 Å². The molecule has 132 valence electrons. The van der Waals surface area contributed by atoms with E-state index in [4.69, 9.17) is 0 Å². The van der Waals surface area contributed by atoms with Gasteiger partial charge in [-0.05, 0) is 37.1 Å². The predicted octanol–water partition coefficient (Wildman–Crippen LogP) is 4.06. The Kier molecular flexibility index (Phi) is 5.57. The summed E-state index contributed by atoms with van der Waals surface area (Å²) in [5, 5.41) is 10.00. The molecule has 3 atom stereocenters. The maximum Gasteiger partial charge on any atom is 0.115 e. The van der Waals surface area contributed by atoms with E-state index in [2.05, 4.69) is 66.6 Å². The van der Waals surface area contributed by atoms with Gasteiger partial charge >= 0.3 is 0 Å². The second-order valence-corrected chi connectivity index (χ2v) is 7.05. The third kappa shape index (κ3) is 3.94. The molecule has 2 aromatic carbocycles. The summed E-state index contributed by atoms with van der Waals surface area (Å²) in [6.45, 7) is 11.4. The van der Waals surface area contributed by atoms with Crippen LogP contribution in [0, 0.1) is 0 Å². The van der Waals surface area contributed by atoms with Crippen LogP contribution in [0.15, 0.2) is 67.3 Å². The van der Waals surface area contributed by atoms with Gasteiger partial charge < -0.3 is 5.11 Å². The van der Waals surface area contributed by atoms with Crippen LogP contribution >= 0.6 is 0 Å². The Bertz CT molecular complexity index is 700. The third-order valence-corrected chi connectivity index (χ3v) is 5.16. The van der Waals surface area contributed by atoms with Crippen LogP contribution in [-0.4, -0.2) is 46.6 Å². The molecule has 0 aromatic heterocycles. The molecule has 0 amide bonds. The van der Waals surface area contributed by atoms with Crippen LogP contribution in [0.4, 0.5) is 0 Å². The van der Waals surface area contributed by atoms with Crippen LogP contribution < -0.4 is 0 Å². The zero-order valence-corrected chi connectivity index (χ0v) is 15.2. The van der Waals surface area contributed by atoms with Crippen LogP contribution in [0.25, 0.3) is 0 Å². The fourth-order valence-corrected chi connectivity index (χ4v) is 3.91. The molecular formula is C22H28N2O. The molecule has 1 saturated heterocycles. The lowest BCUT2D eigenvalue weighted by molar-refractivity contribution is 0.0306. The van der Waals surface area contributed by atoms with Crippen molar-refractivity contribution in [2.75, 3.05) is 19.6 Å². The second kappa shape index (κ2) is 7.85. The average Bonchev–Trinajstić information content (AvgIpc) is 2.60. The number of aromatic hydroxyl groups is 1. The number of benzene rings is 2. The van der Waals surface area contributed by atoms with Gasteiger partial charge in [0.1, 0.15) is 5.75 Å². The molecule has 2 aromatic rings. The number of rotatable bonds is 5. The van der Waals surface area contributed by atoms with E-state index in [0.717, 1.165) is 25.2 Å². The molecule has 0 bridgehead atoms. The smallest absolute Gasteiger partial charge is 0.115 e.